The van der Waals surface area contributed by atoms with Gasteiger partial charge in [0, 0.05) is 16.1 Å². The highest BCUT2D eigenvalue weighted by molar-refractivity contribution is 9.10. The van der Waals surface area contributed by atoms with E-state index in [1.54, 1.807) is 18.7 Å². The molecular formula is C14H17BrO3S. The van der Waals surface area contributed by atoms with Gasteiger partial charge in [-0.3, -0.25) is 4.79 Å². The van der Waals surface area contributed by atoms with Gasteiger partial charge in [-0.1, -0.05) is 35.0 Å². The lowest BCUT2D eigenvalue weighted by atomic mass is 10.1. The number of hydrogen-bond donors (Lipinski definition) is 0. The number of Topliss-reactive ketones (excluding diaryl/α,β-unsaturated/α-hetero) is 1. The van der Waals surface area contributed by atoms with Crippen molar-refractivity contribution in [3.63, 3.8) is 0 Å². The van der Waals surface area contributed by atoms with Crippen LogP contribution in [0.4, 0.5) is 0 Å². The van der Waals surface area contributed by atoms with Gasteiger partial charge in [-0.05, 0) is 30.4 Å². The highest BCUT2D eigenvalue weighted by atomic mass is 79.9. The van der Waals surface area contributed by atoms with Crippen LogP contribution in [0.5, 0.6) is 0 Å². The first-order valence-corrected chi connectivity index (χ1v) is 7.99. The second kappa shape index (κ2) is 8.38. The maximum Gasteiger partial charge on any atom is 0.374 e. The second-order valence-electron chi connectivity index (χ2n) is 3.84. The van der Waals surface area contributed by atoms with Crippen molar-refractivity contribution in [1.82, 2.24) is 0 Å². The molecule has 0 saturated heterocycles. The molecule has 0 aliphatic rings. The minimum Gasteiger partial charge on any atom is -0.460 e. The summed E-state index contributed by atoms with van der Waals surface area (Å²) in [5.74, 6) is -0.311. The van der Waals surface area contributed by atoms with Crippen LogP contribution in [0.2, 0.25) is 0 Å². The molecule has 0 bridgehead atoms. The van der Waals surface area contributed by atoms with Crippen LogP contribution in [0, 0.1) is 0 Å². The molecule has 0 aliphatic heterocycles. The van der Waals surface area contributed by atoms with Crippen LogP contribution >= 0.6 is 27.7 Å². The summed E-state index contributed by atoms with van der Waals surface area (Å²) in [6.07, 6.45) is 0.180. The number of ketones is 1. The first-order chi connectivity index (χ1) is 9.08. The van der Waals surface area contributed by atoms with E-state index in [4.69, 9.17) is 4.74 Å². The van der Waals surface area contributed by atoms with Crippen LogP contribution in [0.3, 0.4) is 0 Å². The Morgan fingerprint density at radius 3 is 2.42 bits per heavy atom. The van der Waals surface area contributed by atoms with Crippen molar-refractivity contribution >= 4 is 39.4 Å². The molecule has 5 heteroatoms. The fourth-order valence-corrected chi connectivity index (χ4v) is 2.90. The van der Waals surface area contributed by atoms with E-state index >= 15 is 0 Å². The predicted molar refractivity (Wildman–Crippen MR) is 81.3 cm³/mol. The van der Waals surface area contributed by atoms with Crippen LogP contribution in [-0.4, -0.2) is 24.1 Å². The third-order valence-electron chi connectivity index (χ3n) is 2.48. The van der Waals surface area contributed by atoms with Crippen LogP contribution in [0.15, 0.2) is 28.7 Å². The van der Waals surface area contributed by atoms with Crippen molar-refractivity contribution in [2.45, 2.75) is 25.5 Å². The SMILES string of the molecule is CCOC(=O)C(=O)CC(SCC)c1ccc(Br)cc1. The van der Waals surface area contributed by atoms with E-state index in [0.717, 1.165) is 15.8 Å². The number of carbonyl (C=O) groups is 2. The predicted octanol–water partition coefficient (Wildman–Crippen LogP) is 3.77. The number of rotatable bonds is 7. The molecule has 0 N–H and O–H groups in total. The van der Waals surface area contributed by atoms with Crippen molar-refractivity contribution in [3.8, 4) is 0 Å². The van der Waals surface area contributed by atoms with Gasteiger partial charge in [-0.25, -0.2) is 4.79 Å². The maximum atomic E-state index is 11.8. The quantitative estimate of drug-likeness (QED) is 0.557. The van der Waals surface area contributed by atoms with Gasteiger partial charge in [0.05, 0.1) is 6.61 Å². The Kier molecular flexibility index (Phi) is 7.16. The van der Waals surface area contributed by atoms with Crippen molar-refractivity contribution in [2.24, 2.45) is 0 Å². The van der Waals surface area contributed by atoms with E-state index in [9.17, 15) is 9.59 Å². The highest BCUT2D eigenvalue weighted by Gasteiger charge is 2.22. The third-order valence-corrected chi connectivity index (χ3v) is 4.19. The van der Waals surface area contributed by atoms with Gasteiger partial charge in [-0.15, -0.1) is 0 Å². The summed E-state index contributed by atoms with van der Waals surface area (Å²) in [5, 5.41) is -0.00462. The molecule has 0 saturated carbocycles. The number of hydrogen-bond acceptors (Lipinski definition) is 4. The molecule has 0 spiro atoms. The lowest BCUT2D eigenvalue weighted by Crippen LogP contribution is -2.19. The number of benzene rings is 1. The van der Waals surface area contributed by atoms with Crippen molar-refractivity contribution in [1.29, 1.82) is 0 Å². The summed E-state index contributed by atoms with van der Waals surface area (Å²) in [7, 11) is 0. The van der Waals surface area contributed by atoms with Gasteiger partial charge >= 0.3 is 5.97 Å². The number of thioether (sulfide) groups is 1. The lowest BCUT2D eigenvalue weighted by molar-refractivity contribution is -0.153. The van der Waals surface area contributed by atoms with Crippen LogP contribution < -0.4 is 0 Å². The first-order valence-electron chi connectivity index (χ1n) is 6.15. The average molecular weight is 345 g/mol. The smallest absolute Gasteiger partial charge is 0.374 e. The van der Waals surface area contributed by atoms with Crippen LogP contribution in [-0.2, 0) is 14.3 Å². The average Bonchev–Trinajstić information content (AvgIpc) is 2.39. The van der Waals surface area contributed by atoms with Crippen molar-refractivity contribution in [3.05, 3.63) is 34.3 Å². The molecule has 0 heterocycles. The molecular weight excluding hydrogens is 328 g/mol. The van der Waals surface area contributed by atoms with E-state index in [1.807, 2.05) is 31.2 Å². The van der Waals surface area contributed by atoms with Gasteiger partial charge < -0.3 is 4.74 Å². The molecule has 0 amide bonds. The minimum absolute atomic E-state index is 0.00462. The molecule has 1 rings (SSSR count). The van der Waals surface area contributed by atoms with E-state index in [-0.39, 0.29) is 18.3 Å². The molecule has 0 aliphatic carbocycles. The number of carbonyl (C=O) groups excluding carboxylic acids is 2. The maximum absolute atomic E-state index is 11.8. The Labute approximate surface area is 126 Å². The second-order valence-corrected chi connectivity index (χ2v) is 6.24. The Hall–Kier alpha value is -0.810. The summed E-state index contributed by atoms with van der Waals surface area (Å²) in [4.78, 5) is 23.1. The van der Waals surface area contributed by atoms with Crippen molar-refractivity contribution in [2.75, 3.05) is 12.4 Å². The molecule has 0 fully saturated rings. The Bertz CT molecular complexity index is 431. The van der Waals surface area contributed by atoms with E-state index in [0.29, 0.717) is 0 Å². The Morgan fingerprint density at radius 1 is 1.26 bits per heavy atom. The molecule has 19 heavy (non-hydrogen) atoms. The van der Waals surface area contributed by atoms with E-state index in [2.05, 4.69) is 15.9 Å². The van der Waals surface area contributed by atoms with E-state index < -0.39 is 11.8 Å². The normalized spacial score (nSPS) is 11.9. The third kappa shape index (κ3) is 5.37. The van der Waals surface area contributed by atoms with Gasteiger partial charge in [-0.2, -0.15) is 11.8 Å². The molecule has 1 aromatic rings. The molecule has 1 atom stereocenters. The summed E-state index contributed by atoms with van der Waals surface area (Å²) in [6.45, 7) is 3.96. The van der Waals surface area contributed by atoms with Crippen LogP contribution in [0.1, 0.15) is 31.1 Å². The lowest BCUT2D eigenvalue weighted by Gasteiger charge is -2.15. The number of esters is 1. The number of halogens is 1. The van der Waals surface area contributed by atoms with Gasteiger partial charge in [0.1, 0.15) is 0 Å². The van der Waals surface area contributed by atoms with Gasteiger partial charge in [0.25, 0.3) is 0 Å². The summed E-state index contributed by atoms with van der Waals surface area (Å²) in [6, 6.07) is 7.81. The molecule has 1 aromatic carbocycles. The number of ether oxygens (including phenoxy) is 1. The van der Waals surface area contributed by atoms with Crippen molar-refractivity contribution < 1.29 is 14.3 Å². The molecule has 0 radical (unpaired) electrons. The summed E-state index contributed by atoms with van der Waals surface area (Å²) < 4.78 is 5.73. The largest absolute Gasteiger partial charge is 0.460 e. The van der Waals surface area contributed by atoms with E-state index in [1.165, 1.54) is 0 Å². The van der Waals surface area contributed by atoms with Gasteiger partial charge in [0.15, 0.2) is 0 Å². The molecule has 1 unspecified atom stereocenters. The Morgan fingerprint density at radius 2 is 1.89 bits per heavy atom. The highest BCUT2D eigenvalue weighted by Crippen LogP contribution is 2.32. The fraction of sp³-hybridized carbons (Fsp3) is 0.429. The molecule has 104 valence electrons. The zero-order valence-corrected chi connectivity index (χ0v) is 13.4. The zero-order valence-electron chi connectivity index (χ0n) is 11.0. The summed E-state index contributed by atoms with van der Waals surface area (Å²) >= 11 is 5.04. The standard InChI is InChI=1S/C14H17BrO3S/c1-3-18-14(17)12(16)9-13(19-4-2)10-5-7-11(15)8-6-10/h5-8,13H,3-4,9H2,1-2H3. The zero-order chi connectivity index (χ0) is 14.3. The minimum atomic E-state index is -0.735. The monoisotopic (exact) mass is 344 g/mol. The molecule has 0 aromatic heterocycles. The van der Waals surface area contributed by atoms with Gasteiger partial charge in [0.2, 0.25) is 5.78 Å². The Balaban J connectivity index is 2.75. The summed E-state index contributed by atoms with van der Waals surface area (Å²) in [5.41, 5.74) is 1.05. The molecule has 3 nitrogen and oxygen atoms in total. The first kappa shape index (κ1) is 16.2. The fourth-order valence-electron chi connectivity index (χ4n) is 1.61. The van der Waals surface area contributed by atoms with Crippen LogP contribution in [0.25, 0.3) is 0 Å². The topological polar surface area (TPSA) is 43.4 Å².